The van der Waals surface area contributed by atoms with Gasteiger partial charge < -0.3 is 0 Å². The van der Waals surface area contributed by atoms with Gasteiger partial charge in [0.25, 0.3) is 0 Å². The highest BCUT2D eigenvalue weighted by Gasteiger charge is 2.34. The highest BCUT2D eigenvalue weighted by Crippen LogP contribution is 2.46. The molecule has 2 saturated carbocycles. The van der Waals surface area contributed by atoms with Crippen LogP contribution in [0, 0.1) is 17.8 Å². The average Bonchev–Trinajstić information content (AvgIpc) is 2.67. The first-order chi connectivity index (χ1) is 8.36. The van der Waals surface area contributed by atoms with Gasteiger partial charge in [-0.15, -0.1) is 0 Å². The molecule has 3 aliphatic rings. The van der Waals surface area contributed by atoms with E-state index in [1.54, 1.807) is 25.7 Å². The molecule has 0 aromatic carbocycles. The quantitative estimate of drug-likeness (QED) is 0.544. The van der Waals surface area contributed by atoms with Crippen molar-refractivity contribution >= 4 is 0 Å². The predicted octanol–water partition coefficient (Wildman–Crippen LogP) is 5.06. The minimum Gasteiger partial charge on any atom is -0.0779 e. The minimum atomic E-state index is 0.549. The van der Waals surface area contributed by atoms with E-state index in [1.165, 1.54) is 18.3 Å². The second-order valence-electron chi connectivity index (χ2n) is 5.43. The summed E-state index contributed by atoms with van der Waals surface area (Å²) in [6.45, 7) is 2.17. The van der Waals surface area contributed by atoms with E-state index < -0.39 is 0 Å². The van der Waals surface area contributed by atoms with Crippen LogP contribution in [-0.2, 0) is 0 Å². The largest absolute Gasteiger partial charge is 0.0779 e. The van der Waals surface area contributed by atoms with Gasteiger partial charge in [-0.2, -0.15) is 0 Å². The molecule has 2 unspecified atom stereocenters. The fourth-order valence-corrected chi connectivity index (χ4v) is 2.84. The normalized spacial score (nSPS) is 38.2. The van der Waals surface area contributed by atoms with E-state index in [-0.39, 0.29) is 0 Å². The maximum absolute atomic E-state index is 2.17. The lowest BCUT2D eigenvalue weighted by molar-refractivity contribution is 0.219. The van der Waals surface area contributed by atoms with Crippen LogP contribution in [0.4, 0.5) is 0 Å². The zero-order chi connectivity index (χ0) is 11.9. The van der Waals surface area contributed by atoms with Gasteiger partial charge in [-0.05, 0) is 30.6 Å². The predicted molar refractivity (Wildman–Crippen MR) is 75.8 cm³/mol. The van der Waals surface area contributed by atoms with Crippen LogP contribution in [0.2, 0.25) is 0 Å². The lowest BCUT2D eigenvalue weighted by Gasteiger charge is -2.29. The number of hydrogen-bond donors (Lipinski definition) is 0. The zero-order valence-electron chi connectivity index (χ0n) is 10.9. The molecule has 0 aromatic heterocycles. The Labute approximate surface area is 106 Å². The summed E-state index contributed by atoms with van der Waals surface area (Å²) in [4.78, 5) is 0. The van der Waals surface area contributed by atoms with E-state index in [0.29, 0.717) is 5.92 Å². The van der Waals surface area contributed by atoms with Crippen LogP contribution in [0.3, 0.4) is 0 Å². The molecule has 17 heavy (non-hydrogen) atoms. The van der Waals surface area contributed by atoms with Crippen molar-refractivity contribution in [2.75, 3.05) is 0 Å². The molecular weight excluding hydrogens is 204 g/mol. The summed E-state index contributed by atoms with van der Waals surface area (Å²) in [6, 6.07) is 0. The molecule has 0 heteroatoms. The Kier molecular flexibility index (Phi) is 4.85. The standard InChI is InChI=1S/C10H12.C7H12/c1-10-8-6-4-2-3-5-7-9-10;1-2-6-4-5-7(6)3-1/h2-10H,1H3;6-7H,1-5H2/b4-2-,5-3-,8-6-,9-7-;. The first kappa shape index (κ1) is 12.4. The van der Waals surface area contributed by atoms with E-state index >= 15 is 0 Å². The Balaban J connectivity index is 0.000000134. The van der Waals surface area contributed by atoms with E-state index in [9.17, 15) is 0 Å². The van der Waals surface area contributed by atoms with Gasteiger partial charge in [0, 0.05) is 0 Å². The topological polar surface area (TPSA) is 0 Å². The van der Waals surface area contributed by atoms with E-state index in [2.05, 4.69) is 31.2 Å². The maximum Gasteiger partial charge on any atom is -0.00756 e. The van der Waals surface area contributed by atoms with Crippen LogP contribution in [0.25, 0.3) is 0 Å². The minimum absolute atomic E-state index is 0.549. The van der Waals surface area contributed by atoms with Crippen molar-refractivity contribution in [2.45, 2.75) is 39.0 Å². The molecule has 3 rings (SSSR count). The lowest BCUT2D eigenvalue weighted by atomic mass is 9.77. The molecule has 0 N–H and O–H groups in total. The molecule has 2 fully saturated rings. The van der Waals surface area contributed by atoms with Crippen molar-refractivity contribution in [1.29, 1.82) is 0 Å². The third kappa shape index (κ3) is 4.03. The summed E-state index contributed by atoms with van der Waals surface area (Å²) in [7, 11) is 0. The molecule has 0 bridgehead atoms. The molecule has 0 heterocycles. The highest BCUT2D eigenvalue weighted by atomic mass is 14.4. The summed E-state index contributed by atoms with van der Waals surface area (Å²) >= 11 is 0. The SMILES string of the molecule is C1CC2CCC2C1.CC1\C=C/C=C\C=C/C=C\1. The first-order valence-corrected chi connectivity index (χ1v) is 7.04. The van der Waals surface area contributed by atoms with Crippen molar-refractivity contribution in [3.8, 4) is 0 Å². The van der Waals surface area contributed by atoms with Crippen molar-refractivity contribution in [3.05, 3.63) is 48.6 Å². The Bertz CT molecular complexity index is 298. The monoisotopic (exact) mass is 228 g/mol. The number of rotatable bonds is 0. The molecule has 0 aliphatic heterocycles. The summed E-state index contributed by atoms with van der Waals surface area (Å²) in [5.41, 5.74) is 0. The van der Waals surface area contributed by atoms with Crippen LogP contribution >= 0.6 is 0 Å². The molecule has 0 aromatic rings. The summed E-state index contributed by atoms with van der Waals surface area (Å²) < 4.78 is 0. The molecule has 3 aliphatic carbocycles. The van der Waals surface area contributed by atoms with Crippen LogP contribution in [0.1, 0.15) is 39.0 Å². The van der Waals surface area contributed by atoms with Crippen molar-refractivity contribution in [1.82, 2.24) is 0 Å². The molecule has 0 amide bonds. The average molecular weight is 228 g/mol. The van der Waals surface area contributed by atoms with Gasteiger partial charge in [-0.3, -0.25) is 0 Å². The number of fused-ring (bicyclic) bond motifs is 1. The third-order valence-electron chi connectivity index (χ3n) is 4.11. The van der Waals surface area contributed by atoms with Gasteiger partial charge in [0.1, 0.15) is 0 Å². The third-order valence-corrected chi connectivity index (χ3v) is 4.11. The molecular formula is C17H24. The van der Waals surface area contributed by atoms with E-state index in [0.717, 1.165) is 0 Å². The first-order valence-electron chi connectivity index (χ1n) is 7.04. The molecule has 92 valence electrons. The fourth-order valence-electron chi connectivity index (χ4n) is 2.84. The fraction of sp³-hybridized carbons (Fsp3) is 0.529. The van der Waals surface area contributed by atoms with Crippen molar-refractivity contribution in [2.24, 2.45) is 17.8 Å². The summed E-state index contributed by atoms with van der Waals surface area (Å²) in [5, 5.41) is 0. The van der Waals surface area contributed by atoms with Gasteiger partial charge in [-0.25, -0.2) is 0 Å². The summed E-state index contributed by atoms with van der Waals surface area (Å²) in [6.07, 6.45) is 24.4. The number of allylic oxidation sites excluding steroid dienone is 8. The van der Waals surface area contributed by atoms with E-state index in [1.807, 2.05) is 24.3 Å². The molecule has 2 atom stereocenters. The Morgan fingerprint density at radius 3 is 1.53 bits per heavy atom. The molecule has 0 radical (unpaired) electrons. The van der Waals surface area contributed by atoms with Gasteiger partial charge in [0.15, 0.2) is 0 Å². The summed E-state index contributed by atoms with van der Waals surface area (Å²) in [5.74, 6) is 2.94. The highest BCUT2D eigenvalue weighted by molar-refractivity contribution is 5.19. The smallest absolute Gasteiger partial charge is 0.00756 e. The van der Waals surface area contributed by atoms with Crippen molar-refractivity contribution in [3.63, 3.8) is 0 Å². The van der Waals surface area contributed by atoms with Gasteiger partial charge in [-0.1, -0.05) is 74.8 Å². The Morgan fingerprint density at radius 1 is 0.647 bits per heavy atom. The second-order valence-corrected chi connectivity index (χ2v) is 5.43. The second kappa shape index (κ2) is 6.64. The number of hydrogen-bond acceptors (Lipinski definition) is 0. The van der Waals surface area contributed by atoms with Gasteiger partial charge >= 0.3 is 0 Å². The van der Waals surface area contributed by atoms with E-state index in [4.69, 9.17) is 0 Å². The van der Waals surface area contributed by atoms with Gasteiger partial charge in [0.2, 0.25) is 0 Å². The molecule has 0 nitrogen and oxygen atoms in total. The maximum atomic E-state index is 2.17. The van der Waals surface area contributed by atoms with Crippen LogP contribution in [0.15, 0.2) is 48.6 Å². The van der Waals surface area contributed by atoms with Crippen LogP contribution in [-0.4, -0.2) is 0 Å². The Morgan fingerprint density at radius 2 is 1.12 bits per heavy atom. The lowest BCUT2D eigenvalue weighted by Crippen LogP contribution is -2.18. The molecule has 0 saturated heterocycles. The molecule has 0 spiro atoms. The van der Waals surface area contributed by atoms with Crippen LogP contribution in [0.5, 0.6) is 0 Å². The zero-order valence-corrected chi connectivity index (χ0v) is 10.9. The van der Waals surface area contributed by atoms with Crippen molar-refractivity contribution < 1.29 is 0 Å². The van der Waals surface area contributed by atoms with Crippen LogP contribution < -0.4 is 0 Å². The van der Waals surface area contributed by atoms with Gasteiger partial charge in [0.05, 0.1) is 0 Å². The Hall–Kier alpha value is -1.04.